The number of aryl methyl sites for hydroxylation is 2. The van der Waals surface area contributed by atoms with Gasteiger partial charge >= 0.3 is 13.9 Å². The summed E-state index contributed by atoms with van der Waals surface area (Å²) in [6.45, 7) is 2.69. The second-order valence-electron chi connectivity index (χ2n) is 5.09. The van der Waals surface area contributed by atoms with E-state index in [1.807, 2.05) is 0 Å². The van der Waals surface area contributed by atoms with Crippen molar-refractivity contribution >= 4 is 19.4 Å². The molecule has 10 nitrogen and oxygen atoms in total. The Morgan fingerprint density at radius 1 is 1.33 bits per heavy atom. The highest BCUT2D eigenvalue weighted by Gasteiger charge is 2.16. The number of unbranched alkanes of at least 4 members (excludes halogenated alkanes) is 1. The van der Waals surface area contributed by atoms with Crippen LogP contribution in [0, 0.1) is 0 Å². The van der Waals surface area contributed by atoms with Gasteiger partial charge < -0.3 is 9.30 Å². The van der Waals surface area contributed by atoms with Crippen LogP contribution in [0.15, 0.2) is 15.9 Å². The zero-order valence-electron chi connectivity index (χ0n) is 13.5. The van der Waals surface area contributed by atoms with Crippen LogP contribution >= 0.6 is 8.25 Å². The van der Waals surface area contributed by atoms with E-state index >= 15 is 0 Å². The Balaban J connectivity index is 2.26. The number of rotatable bonds is 9. The minimum atomic E-state index is -2.59. The van der Waals surface area contributed by atoms with Crippen molar-refractivity contribution in [2.24, 2.45) is 7.05 Å². The summed E-state index contributed by atoms with van der Waals surface area (Å²) in [5.74, 6) is 0. The molecule has 0 aliphatic rings. The lowest BCUT2D eigenvalue weighted by molar-refractivity contribution is 0.0817. The van der Waals surface area contributed by atoms with Gasteiger partial charge in [0.15, 0.2) is 11.2 Å². The fourth-order valence-corrected chi connectivity index (χ4v) is 2.60. The number of imidazole rings is 1. The van der Waals surface area contributed by atoms with Crippen molar-refractivity contribution < 1.29 is 18.7 Å². The van der Waals surface area contributed by atoms with Crippen LogP contribution in [0.5, 0.6) is 0 Å². The topological polar surface area (TPSA) is 118 Å². The minimum Gasteiger partial charge on any atom is -0.361 e. The number of ether oxygens (including phenoxy) is 1. The molecule has 0 spiro atoms. The Morgan fingerprint density at radius 3 is 2.75 bits per heavy atom. The van der Waals surface area contributed by atoms with Gasteiger partial charge in [0.1, 0.15) is 13.3 Å². The average Bonchev–Trinajstić information content (AvgIpc) is 2.96. The molecule has 0 fully saturated rings. The van der Waals surface area contributed by atoms with E-state index in [9.17, 15) is 14.2 Å². The molecule has 0 aliphatic carbocycles. The Kier molecular flexibility index (Phi) is 6.38. The molecule has 0 saturated carbocycles. The van der Waals surface area contributed by atoms with E-state index < -0.39 is 19.5 Å². The van der Waals surface area contributed by atoms with Gasteiger partial charge in [0.05, 0.1) is 6.33 Å². The Bertz CT molecular complexity index is 839. The monoisotopic (exact) mass is 359 g/mol. The molecule has 0 bridgehead atoms. The normalized spacial score (nSPS) is 12.0. The van der Waals surface area contributed by atoms with E-state index in [1.54, 1.807) is 18.5 Å². The van der Waals surface area contributed by atoms with Crippen LogP contribution < -0.4 is 11.2 Å². The average molecular weight is 359 g/mol. The van der Waals surface area contributed by atoms with Gasteiger partial charge in [-0.2, -0.15) is 0 Å². The summed E-state index contributed by atoms with van der Waals surface area (Å²) >= 11 is 0. The van der Waals surface area contributed by atoms with Gasteiger partial charge in [-0.25, -0.2) is 14.3 Å². The number of nitrogens with zero attached hydrogens (tertiary/aromatic N) is 4. The van der Waals surface area contributed by atoms with Crippen LogP contribution in [-0.4, -0.2) is 36.8 Å². The first-order chi connectivity index (χ1) is 11.5. The molecular formula is C13H20N4O6P+. The standard InChI is InChI=1S/C13H19N4O6P/c1-3-22-9-17-12(18)10-11(15(2)13(17)19)14-8-16(10)6-4-5-7-23-24(20)21/h8H,3-7,9H2,1-2H3/p+1. The maximum atomic E-state index is 12.6. The molecule has 11 heteroatoms. The Labute approximate surface area is 138 Å². The fraction of sp³-hybridized carbons (Fsp3) is 0.615. The predicted molar refractivity (Wildman–Crippen MR) is 85.9 cm³/mol. The van der Waals surface area contributed by atoms with Gasteiger partial charge in [0.2, 0.25) is 0 Å². The molecule has 2 aromatic rings. The van der Waals surface area contributed by atoms with Gasteiger partial charge in [-0.3, -0.25) is 9.36 Å². The van der Waals surface area contributed by atoms with E-state index in [4.69, 9.17) is 9.63 Å². The summed E-state index contributed by atoms with van der Waals surface area (Å²) in [5.41, 5.74) is -0.293. The van der Waals surface area contributed by atoms with E-state index in [0.717, 1.165) is 4.57 Å². The molecule has 2 rings (SSSR count). The molecule has 1 N–H and O–H groups in total. The molecule has 0 aliphatic heterocycles. The number of hydrogen-bond donors (Lipinski definition) is 1. The molecule has 132 valence electrons. The van der Waals surface area contributed by atoms with E-state index in [2.05, 4.69) is 9.51 Å². The van der Waals surface area contributed by atoms with Crippen LogP contribution in [0.3, 0.4) is 0 Å². The van der Waals surface area contributed by atoms with Crippen molar-refractivity contribution in [3.05, 3.63) is 27.2 Å². The molecule has 1 unspecified atom stereocenters. The zero-order valence-corrected chi connectivity index (χ0v) is 14.4. The molecule has 0 radical (unpaired) electrons. The lowest BCUT2D eigenvalue weighted by Crippen LogP contribution is -2.40. The second-order valence-corrected chi connectivity index (χ2v) is 5.82. The fourth-order valence-electron chi connectivity index (χ4n) is 2.31. The van der Waals surface area contributed by atoms with Gasteiger partial charge in [-0.1, -0.05) is 0 Å². The molecule has 0 saturated heterocycles. The summed E-state index contributed by atoms with van der Waals surface area (Å²) in [6, 6.07) is 0. The number of aromatic nitrogens is 4. The Morgan fingerprint density at radius 2 is 2.08 bits per heavy atom. The number of fused-ring (bicyclic) bond motifs is 1. The molecule has 2 aromatic heterocycles. The lowest BCUT2D eigenvalue weighted by atomic mass is 10.3. The van der Waals surface area contributed by atoms with Gasteiger partial charge in [0, 0.05) is 24.8 Å². The maximum absolute atomic E-state index is 12.6. The first-order valence-corrected chi connectivity index (χ1v) is 8.61. The summed E-state index contributed by atoms with van der Waals surface area (Å²) in [6.07, 6.45) is 2.69. The van der Waals surface area contributed by atoms with Crippen molar-refractivity contribution in [3.8, 4) is 0 Å². The summed E-state index contributed by atoms with van der Waals surface area (Å²) in [5, 5.41) is 0. The number of hydrogen-bond acceptors (Lipinski definition) is 6. The molecule has 0 aromatic carbocycles. The molecule has 1 atom stereocenters. The van der Waals surface area contributed by atoms with Crippen molar-refractivity contribution in [1.82, 2.24) is 18.7 Å². The Hall–Kier alpha value is -1.87. The largest absolute Gasteiger partial charge is 0.694 e. The van der Waals surface area contributed by atoms with Crippen molar-refractivity contribution in [1.29, 1.82) is 0 Å². The summed E-state index contributed by atoms with van der Waals surface area (Å²) in [4.78, 5) is 37.5. The SMILES string of the molecule is CCOCn1c(=O)c2c(ncn2CCCCO[P+](=O)O)n(C)c1=O. The highest BCUT2D eigenvalue weighted by atomic mass is 31.1. The van der Waals surface area contributed by atoms with Gasteiger partial charge in [0.25, 0.3) is 5.56 Å². The van der Waals surface area contributed by atoms with E-state index in [-0.39, 0.29) is 13.3 Å². The van der Waals surface area contributed by atoms with Crippen LogP contribution in [0.4, 0.5) is 0 Å². The second kappa shape index (κ2) is 8.29. The van der Waals surface area contributed by atoms with Crippen molar-refractivity contribution in [2.45, 2.75) is 33.0 Å². The third kappa shape index (κ3) is 3.96. The molecule has 24 heavy (non-hydrogen) atoms. The van der Waals surface area contributed by atoms with E-state index in [1.165, 1.54) is 10.9 Å². The van der Waals surface area contributed by atoms with Gasteiger partial charge in [-0.05, 0) is 19.8 Å². The lowest BCUT2D eigenvalue weighted by Gasteiger charge is -2.09. The van der Waals surface area contributed by atoms with Crippen LogP contribution in [0.1, 0.15) is 19.8 Å². The zero-order chi connectivity index (χ0) is 17.7. The maximum Gasteiger partial charge on any atom is 0.694 e. The highest BCUT2D eigenvalue weighted by Crippen LogP contribution is 2.15. The minimum absolute atomic E-state index is 0.111. The van der Waals surface area contributed by atoms with Crippen LogP contribution in [0.2, 0.25) is 0 Å². The molecule has 2 heterocycles. The predicted octanol–water partition coefficient (Wildman–Crippen LogP) is 0.337. The van der Waals surface area contributed by atoms with Gasteiger partial charge in [-0.15, -0.1) is 9.42 Å². The third-order valence-corrected chi connectivity index (χ3v) is 3.92. The first kappa shape index (κ1) is 18.5. The quantitative estimate of drug-likeness (QED) is 0.506. The smallest absolute Gasteiger partial charge is 0.361 e. The summed E-state index contributed by atoms with van der Waals surface area (Å²) in [7, 11) is -1.04. The van der Waals surface area contributed by atoms with Crippen molar-refractivity contribution in [2.75, 3.05) is 13.2 Å². The highest BCUT2D eigenvalue weighted by molar-refractivity contribution is 7.32. The van der Waals surface area contributed by atoms with Crippen LogP contribution in [-0.2, 0) is 34.1 Å². The third-order valence-electron chi connectivity index (χ3n) is 3.52. The molecule has 0 amide bonds. The van der Waals surface area contributed by atoms with Crippen molar-refractivity contribution in [3.63, 3.8) is 0 Å². The molecular weight excluding hydrogens is 339 g/mol. The van der Waals surface area contributed by atoms with E-state index in [0.29, 0.717) is 37.2 Å². The summed E-state index contributed by atoms with van der Waals surface area (Å²) < 4.78 is 24.2. The first-order valence-electron chi connectivity index (χ1n) is 7.48. The van der Waals surface area contributed by atoms with Crippen LogP contribution in [0.25, 0.3) is 11.2 Å².